The van der Waals surface area contributed by atoms with E-state index in [0.29, 0.717) is 89.0 Å². The topological polar surface area (TPSA) is 411 Å². The van der Waals surface area contributed by atoms with E-state index in [4.69, 9.17) is 28.4 Å². The van der Waals surface area contributed by atoms with E-state index in [1.165, 1.54) is 107 Å². The third kappa shape index (κ3) is 16.5. The molecule has 0 saturated heterocycles. The molecule has 570 valence electrons. The molecule has 5 N–H and O–H groups in total. The van der Waals surface area contributed by atoms with E-state index in [1.807, 2.05) is 96.2 Å². The minimum Gasteiger partial charge on any atom is -0.544 e. The molecule has 3 aliphatic heterocycles. The van der Waals surface area contributed by atoms with Crippen molar-refractivity contribution >= 4 is 123 Å². The number of carbonyl (C=O) groups is 12. The summed E-state index contributed by atoms with van der Waals surface area (Å²) in [5.41, 5.74) is 18.0. The van der Waals surface area contributed by atoms with Gasteiger partial charge in [0.05, 0.1) is 76.0 Å². The van der Waals surface area contributed by atoms with Gasteiger partial charge in [-0.05, 0) is 127 Å². The average Bonchev–Trinajstić information content (AvgIpc) is 1.61. The maximum absolute atomic E-state index is 12.7. The molecule has 0 amide bonds. The van der Waals surface area contributed by atoms with Crippen LogP contribution in [0.1, 0.15) is 150 Å². The number of carbonyl (C=O) groups excluding carboxylic acids is 7. The Morgan fingerprint density at radius 2 is 0.649 bits per heavy atom. The molecule has 0 bridgehead atoms. The third-order valence-corrected chi connectivity index (χ3v) is 18.5. The summed E-state index contributed by atoms with van der Waals surface area (Å²) >= 11 is 0. The second-order valence-corrected chi connectivity index (χ2v) is 26.2. The van der Waals surface area contributed by atoms with Crippen LogP contribution in [-0.4, -0.2) is 154 Å². The van der Waals surface area contributed by atoms with Crippen molar-refractivity contribution in [3.63, 3.8) is 0 Å². The fraction of sp³-hybridized carbons (Fsp3) is 0.222. The summed E-state index contributed by atoms with van der Waals surface area (Å²) < 4.78 is 38.2. The zero-order chi connectivity index (χ0) is 81.0. The summed E-state index contributed by atoms with van der Waals surface area (Å²) in [5.74, 6) is -10.2. The van der Waals surface area contributed by atoms with Gasteiger partial charge in [-0.1, -0.05) is 36.4 Å². The van der Waals surface area contributed by atoms with Gasteiger partial charge in [0.15, 0.2) is 43.7 Å². The first-order valence-corrected chi connectivity index (χ1v) is 33.7. The van der Waals surface area contributed by atoms with Gasteiger partial charge in [-0.15, -0.1) is 0 Å². The molecule has 0 aromatic carbocycles. The minimum atomic E-state index is -1.32. The lowest BCUT2D eigenvalue weighted by atomic mass is 9.96. The summed E-state index contributed by atoms with van der Waals surface area (Å²) in [6.07, 6.45) is 29.8. The second-order valence-electron chi connectivity index (χ2n) is 26.2. The summed E-state index contributed by atoms with van der Waals surface area (Å²) in [6.45, 7) is 8.95. The lowest BCUT2D eigenvalue weighted by molar-refractivity contribution is -0.691. The Balaban J connectivity index is 0.000000177. The van der Waals surface area contributed by atoms with Crippen molar-refractivity contribution in [2.45, 2.75) is 80.8 Å². The van der Waals surface area contributed by atoms with Gasteiger partial charge in [0.1, 0.15) is 42.3 Å². The number of allylic oxidation sites excluding steroid dienone is 9. The van der Waals surface area contributed by atoms with E-state index in [9.17, 15) is 88.2 Å². The second kappa shape index (κ2) is 32.5. The maximum Gasteiger partial charge on any atom is 0.370 e. The Hall–Kier alpha value is -14.2. The number of nitrogens with zero attached hydrogens (tertiary/aromatic N) is 6. The highest BCUT2D eigenvalue weighted by atomic mass is 16.5. The molecule has 6 heterocycles. The van der Waals surface area contributed by atoms with E-state index in [1.54, 1.807) is 37.2 Å². The molecule has 3 aromatic rings. The van der Waals surface area contributed by atoms with Crippen LogP contribution in [0.2, 0.25) is 0 Å². The van der Waals surface area contributed by atoms with Gasteiger partial charge >= 0.3 is 65.7 Å². The number of aromatic nitrogens is 6. The van der Waals surface area contributed by atoms with Crippen LogP contribution in [0.5, 0.6) is 0 Å². The number of carboxylic acids is 6. The highest BCUT2D eigenvalue weighted by molar-refractivity contribution is 6.13. The van der Waals surface area contributed by atoms with Crippen molar-refractivity contribution in [3.8, 4) is 33.4 Å². The fourth-order valence-electron chi connectivity index (χ4n) is 14.2. The standard InChI is InChI=1S/3C27H24N2O8/c1-14-5-17(25-18(14)8-28(12-22(30)31)11-21(25)27(35)37-4)7-16-6-15(2)24-19(16)9-29(13-23(32)33)10-20(24)26(34)36-3;1-14-5-16(18-8-28(12-22(30)31)10-20(24(14)18)26(34)36-3)7-17-6-15(2)25-19(17)9-29(13-23(32)33)11-21(25)27(35)37-4;1-14-5-16(24-18(14)8-28(12-22(30)31)10-20(24)26(34)36-3)7-17-6-15(2)19-9-29(13-23(32)33)11-21(25(17)19)27(35)37-4/h3*5-11H,12-13H2,1-4H3,(H-,30,31,32,33)/p+2. The van der Waals surface area contributed by atoms with E-state index in [-0.39, 0.29) is 66.1 Å². The zero-order valence-corrected chi connectivity index (χ0v) is 62.0. The molecule has 0 unspecified atom stereocenters. The van der Waals surface area contributed by atoms with Crippen molar-refractivity contribution in [1.82, 2.24) is 13.7 Å². The Kier molecular flexibility index (Phi) is 23.2. The number of hydrogen-bond acceptors (Lipinski definition) is 19. The van der Waals surface area contributed by atoms with Crippen LogP contribution in [0.3, 0.4) is 0 Å². The molecule has 0 saturated carbocycles. The van der Waals surface area contributed by atoms with Crippen LogP contribution in [0.4, 0.5) is 0 Å². The summed E-state index contributed by atoms with van der Waals surface area (Å²) in [5, 5.41) is 57.6. The summed E-state index contributed by atoms with van der Waals surface area (Å²) in [7, 11) is 7.53. The molecule has 111 heavy (non-hydrogen) atoms. The first-order chi connectivity index (χ1) is 52.6. The van der Waals surface area contributed by atoms with Crippen LogP contribution in [0, 0.1) is 20.8 Å². The SMILES string of the molecule is COC(=O)c1c[n+](CC(=O)O)cc2c1C(=Cc1cc(C)c3cn(CC(=O)O)cc(C(=O)OC)c1-3)C=C2C.COC(=O)c1c[n+](CC(=O)O)cc2c1C(C)=CC2=Cc1cc(C)c2c(C(=O)OC)cn(CC(=O)O)cc1-2.COC(=O)c1c[n+](CC(=O)[O-])cc2c1C(C)=C/C2=C\c1cc(C)c2cn(CC(=O)O)cc(C(=O)OC)c1-2. The molecule has 9 aliphatic rings. The molecule has 0 radical (unpaired) electrons. The van der Waals surface area contributed by atoms with E-state index < -0.39 is 78.2 Å². The van der Waals surface area contributed by atoms with Crippen LogP contribution in [0.25, 0.3) is 85.0 Å². The molecule has 0 atom stereocenters. The predicted octanol–water partition coefficient (Wildman–Crippen LogP) is 7.33. The largest absolute Gasteiger partial charge is 0.544 e. The lowest BCUT2D eigenvalue weighted by Gasteiger charge is -2.14. The van der Waals surface area contributed by atoms with Crippen LogP contribution < -0.4 is 18.8 Å². The van der Waals surface area contributed by atoms with E-state index in [2.05, 4.69) is 0 Å². The number of esters is 6. The minimum absolute atomic E-state index is 0.204. The van der Waals surface area contributed by atoms with Gasteiger partial charge in [0.25, 0.3) is 0 Å². The number of carboxylic acid groups (broad SMARTS) is 6. The Morgan fingerprint density at radius 3 is 1.02 bits per heavy atom. The van der Waals surface area contributed by atoms with Crippen molar-refractivity contribution in [1.29, 1.82) is 0 Å². The van der Waals surface area contributed by atoms with Gasteiger partial charge < -0.3 is 77.6 Å². The smallest absolute Gasteiger partial charge is 0.370 e. The number of aryl methyl sites for hydroxylation is 3. The third-order valence-electron chi connectivity index (χ3n) is 18.5. The molecule has 0 fully saturated rings. The van der Waals surface area contributed by atoms with Crippen molar-refractivity contribution < 1.29 is 130 Å². The van der Waals surface area contributed by atoms with Crippen molar-refractivity contribution in [3.05, 3.63) is 211 Å². The summed E-state index contributed by atoms with van der Waals surface area (Å²) in [4.78, 5) is 144. The van der Waals surface area contributed by atoms with Gasteiger partial charge in [-0.2, -0.15) is 13.7 Å². The lowest BCUT2D eigenvalue weighted by Crippen LogP contribution is -2.44. The number of fused-ring (bicyclic) bond motifs is 6. The van der Waals surface area contributed by atoms with Gasteiger partial charge in [-0.25, -0.2) is 38.4 Å². The molecular weight excluding hydrogens is 1440 g/mol. The molecule has 12 rings (SSSR count). The van der Waals surface area contributed by atoms with Crippen molar-refractivity contribution in [2.24, 2.45) is 0 Å². The Bertz CT molecular complexity index is 5600. The predicted molar refractivity (Wildman–Crippen MR) is 393 cm³/mol. The number of methoxy groups -OCH3 is 6. The van der Waals surface area contributed by atoms with Crippen molar-refractivity contribution in [2.75, 3.05) is 42.7 Å². The van der Waals surface area contributed by atoms with Crippen LogP contribution in [-0.2, 0) is 96.5 Å². The molecule has 3 aromatic heterocycles. The number of hydrogen-bond donors (Lipinski definition) is 5. The Morgan fingerprint density at radius 1 is 0.333 bits per heavy atom. The quantitative estimate of drug-likeness (QED) is 0.0267. The number of rotatable bonds is 21. The number of pyridine rings is 6. The molecule has 30 heteroatoms. The monoisotopic (exact) mass is 1510 g/mol. The first kappa shape index (κ1) is 79.4. The summed E-state index contributed by atoms with van der Waals surface area (Å²) in [6, 6.07) is 5.63. The highest BCUT2D eigenvalue weighted by Crippen LogP contribution is 2.46. The number of aliphatic carboxylic acids is 6. The molecule has 30 nitrogen and oxygen atoms in total. The van der Waals surface area contributed by atoms with Crippen LogP contribution in [0.15, 0.2) is 111 Å². The Labute approximate surface area is 632 Å². The number of ether oxygens (including phenoxy) is 6. The maximum atomic E-state index is 12.7. The highest BCUT2D eigenvalue weighted by Gasteiger charge is 2.35. The first-order valence-electron chi connectivity index (χ1n) is 33.7. The van der Waals surface area contributed by atoms with Gasteiger partial charge in [-0.3, -0.25) is 14.4 Å². The van der Waals surface area contributed by atoms with Gasteiger partial charge in [0, 0.05) is 87.3 Å². The average molecular weight is 1520 g/mol. The molecular formula is C81H74N6O24+2. The van der Waals surface area contributed by atoms with Gasteiger partial charge in [0.2, 0.25) is 13.1 Å². The molecule has 0 spiro atoms. The van der Waals surface area contributed by atoms with E-state index >= 15 is 0 Å². The van der Waals surface area contributed by atoms with E-state index in [0.717, 1.165) is 44.5 Å². The van der Waals surface area contributed by atoms with Crippen LogP contribution >= 0.6 is 0 Å². The fourth-order valence-corrected chi connectivity index (χ4v) is 14.2. The normalized spacial score (nSPS) is 13.4. The molecule has 6 aliphatic carbocycles. The zero-order valence-electron chi connectivity index (χ0n) is 62.0.